The fourth-order valence-electron chi connectivity index (χ4n) is 10.2. The summed E-state index contributed by atoms with van der Waals surface area (Å²) in [4.78, 5) is 16.1. The van der Waals surface area contributed by atoms with Crippen LogP contribution in [0.3, 0.4) is 0 Å². The smallest absolute Gasteiger partial charge is 0.145 e. The van der Waals surface area contributed by atoms with Gasteiger partial charge in [-0.2, -0.15) is 0 Å². The molecule has 0 N–H and O–H groups in total. The summed E-state index contributed by atoms with van der Waals surface area (Å²) in [6.45, 7) is 8.22. The molecule has 9 rings (SSSR count). The number of fused-ring (bicyclic) bond motifs is 1. The number of allylic oxidation sites excluding steroid dienone is 1. The zero-order valence-corrected chi connectivity index (χ0v) is 13.5. The average molecular weight is 295 g/mol. The maximum Gasteiger partial charge on any atom is 0.145 e. The van der Waals surface area contributed by atoms with E-state index >= 15 is 0 Å². The molecule has 6 saturated carbocycles. The first-order chi connectivity index (χ1) is 10.5. The minimum absolute atomic E-state index is 0.238. The van der Waals surface area contributed by atoms with Gasteiger partial charge in [0.25, 0.3) is 0 Å². The molecule has 3 heterocycles. The van der Waals surface area contributed by atoms with Crippen LogP contribution in [-0.4, -0.2) is 29.3 Å². The second-order valence-electron chi connectivity index (χ2n) is 10.3. The van der Waals surface area contributed by atoms with Crippen LogP contribution in [0, 0.1) is 39.9 Å². The Morgan fingerprint density at radius 2 is 2.18 bits per heavy atom. The van der Waals surface area contributed by atoms with Gasteiger partial charge < -0.3 is 0 Å². The highest BCUT2D eigenvalue weighted by molar-refractivity contribution is 5.91. The van der Waals surface area contributed by atoms with E-state index in [1.807, 2.05) is 0 Å². The monoisotopic (exact) mass is 295 g/mol. The van der Waals surface area contributed by atoms with Gasteiger partial charge in [0, 0.05) is 30.5 Å². The van der Waals surface area contributed by atoms with Crippen LogP contribution in [0.2, 0.25) is 0 Å². The highest BCUT2D eigenvalue weighted by atomic mass is 16.1. The highest BCUT2D eigenvalue weighted by Crippen LogP contribution is 2.86. The Bertz CT molecular complexity index is 683. The van der Waals surface area contributed by atoms with Gasteiger partial charge in [-0.15, -0.1) is 0 Å². The van der Waals surface area contributed by atoms with Gasteiger partial charge in [0.1, 0.15) is 5.78 Å². The molecule has 22 heavy (non-hydrogen) atoms. The van der Waals surface area contributed by atoms with E-state index in [1.54, 1.807) is 0 Å². The average Bonchev–Trinajstić information content (AvgIpc) is 2.88. The number of carbonyl (C=O) groups is 1. The molecular formula is C20H25NO. The third kappa shape index (κ3) is 0.800. The molecule has 9 fully saturated rings. The minimum Gasteiger partial charge on any atom is -0.299 e. The SMILES string of the molecule is C=C1CC23CC4C5C6(C)CCCC57C(C2C(=O)C1CC37)N4C6. The van der Waals surface area contributed by atoms with Gasteiger partial charge in [0.15, 0.2) is 0 Å². The Kier molecular flexibility index (Phi) is 1.56. The number of hydrogen-bond donors (Lipinski definition) is 0. The molecule has 9 bridgehead atoms. The van der Waals surface area contributed by atoms with E-state index in [9.17, 15) is 4.79 Å². The van der Waals surface area contributed by atoms with Gasteiger partial charge in [-0.3, -0.25) is 9.69 Å². The molecule has 10 atom stereocenters. The van der Waals surface area contributed by atoms with E-state index in [4.69, 9.17) is 0 Å². The Hall–Kier alpha value is -0.630. The van der Waals surface area contributed by atoms with Crippen molar-refractivity contribution in [3.05, 3.63) is 12.2 Å². The lowest BCUT2D eigenvalue weighted by molar-refractivity contribution is -0.152. The fraction of sp³-hybridized carbons (Fsp3) is 0.850. The van der Waals surface area contributed by atoms with Crippen LogP contribution in [-0.2, 0) is 4.79 Å². The first kappa shape index (κ1) is 11.8. The summed E-state index contributed by atoms with van der Waals surface area (Å²) >= 11 is 0. The van der Waals surface area contributed by atoms with E-state index in [0.29, 0.717) is 34.0 Å². The van der Waals surface area contributed by atoms with E-state index in [-0.39, 0.29) is 5.92 Å². The lowest BCUT2D eigenvalue weighted by Crippen LogP contribution is -2.61. The van der Waals surface area contributed by atoms with E-state index in [0.717, 1.165) is 17.9 Å². The Morgan fingerprint density at radius 3 is 3.05 bits per heavy atom. The molecule has 2 nitrogen and oxygen atoms in total. The number of hydrogen-bond acceptors (Lipinski definition) is 2. The van der Waals surface area contributed by atoms with Crippen LogP contribution >= 0.6 is 0 Å². The van der Waals surface area contributed by atoms with Crippen molar-refractivity contribution in [3.8, 4) is 0 Å². The van der Waals surface area contributed by atoms with E-state index < -0.39 is 0 Å². The number of Topliss-reactive ketones (excluding diaryl/α,β-unsaturated/α-hetero) is 1. The van der Waals surface area contributed by atoms with E-state index in [2.05, 4.69) is 18.4 Å². The number of piperidine rings is 2. The zero-order valence-electron chi connectivity index (χ0n) is 13.5. The summed E-state index contributed by atoms with van der Waals surface area (Å²) in [6.07, 6.45) is 8.00. The van der Waals surface area contributed by atoms with Crippen molar-refractivity contribution in [3.63, 3.8) is 0 Å². The Labute approximate surface area is 132 Å². The standard InChI is InChI=1S/C20H25NO/c1-10-7-19-8-12-16-18(2)4-3-5-20(16)13(19)6-11(10)15(22)14(19)17(20)21(12)9-18/h11-14,16-17H,1,3-9H2,2H3. The first-order valence-electron chi connectivity index (χ1n) is 9.50. The largest absolute Gasteiger partial charge is 0.299 e. The number of carbonyl (C=O) groups excluding carboxylic acids is 1. The van der Waals surface area contributed by atoms with Crippen LogP contribution in [0.15, 0.2) is 12.2 Å². The van der Waals surface area contributed by atoms with Crippen molar-refractivity contribution in [2.24, 2.45) is 39.9 Å². The van der Waals surface area contributed by atoms with Crippen LogP contribution in [0.1, 0.15) is 45.4 Å². The maximum atomic E-state index is 13.3. The number of nitrogens with zero attached hydrogens (tertiary/aromatic N) is 1. The van der Waals surface area contributed by atoms with Gasteiger partial charge in [0.05, 0.1) is 0 Å². The third-order valence-corrected chi connectivity index (χ3v) is 9.99. The topological polar surface area (TPSA) is 20.3 Å². The molecule has 6 aliphatic carbocycles. The molecule has 3 saturated heterocycles. The number of ketones is 1. The van der Waals surface area contributed by atoms with Gasteiger partial charge in [-0.05, 0) is 60.2 Å². The van der Waals surface area contributed by atoms with Crippen molar-refractivity contribution in [1.29, 1.82) is 0 Å². The zero-order chi connectivity index (χ0) is 14.6. The molecular weight excluding hydrogens is 270 g/mol. The van der Waals surface area contributed by atoms with Gasteiger partial charge >= 0.3 is 0 Å². The summed E-state index contributed by atoms with van der Waals surface area (Å²) in [5.41, 5.74) is 2.76. The summed E-state index contributed by atoms with van der Waals surface area (Å²) < 4.78 is 0. The summed E-state index contributed by atoms with van der Waals surface area (Å²) in [5, 5.41) is 0. The van der Waals surface area contributed by atoms with Gasteiger partial charge in [0.2, 0.25) is 0 Å². The predicted molar refractivity (Wildman–Crippen MR) is 83.1 cm³/mol. The molecule has 3 aliphatic heterocycles. The summed E-state index contributed by atoms with van der Waals surface area (Å²) in [6, 6.07) is 1.46. The quantitative estimate of drug-likeness (QED) is 0.640. The first-order valence-corrected chi connectivity index (χ1v) is 9.50. The van der Waals surface area contributed by atoms with Crippen molar-refractivity contribution in [1.82, 2.24) is 4.90 Å². The molecule has 0 aromatic carbocycles. The molecule has 0 aromatic heterocycles. The number of rotatable bonds is 0. The second-order valence-corrected chi connectivity index (χ2v) is 10.3. The third-order valence-electron chi connectivity index (χ3n) is 9.99. The van der Waals surface area contributed by atoms with Crippen LogP contribution in [0.5, 0.6) is 0 Å². The summed E-state index contributed by atoms with van der Waals surface area (Å²) in [5.74, 6) is 3.02. The molecule has 2 spiro atoms. The normalized spacial score (nSPS) is 71.8. The predicted octanol–water partition coefficient (Wildman–Crippen LogP) is 3.03. The van der Waals surface area contributed by atoms with Crippen LogP contribution < -0.4 is 0 Å². The summed E-state index contributed by atoms with van der Waals surface area (Å²) in [7, 11) is 0. The Morgan fingerprint density at radius 1 is 1.32 bits per heavy atom. The minimum atomic E-state index is 0.238. The lowest BCUT2D eigenvalue weighted by atomic mass is 9.41. The van der Waals surface area contributed by atoms with Crippen LogP contribution in [0.4, 0.5) is 0 Å². The van der Waals surface area contributed by atoms with Crippen molar-refractivity contribution < 1.29 is 4.79 Å². The Balaban J connectivity index is 1.55. The molecule has 2 heteroatoms. The molecule has 116 valence electrons. The van der Waals surface area contributed by atoms with Crippen LogP contribution in [0.25, 0.3) is 0 Å². The lowest BCUT2D eigenvalue weighted by Gasteiger charge is -2.62. The van der Waals surface area contributed by atoms with E-state index in [1.165, 1.54) is 50.6 Å². The molecule has 9 aliphatic rings. The van der Waals surface area contributed by atoms with Crippen molar-refractivity contribution in [2.75, 3.05) is 6.54 Å². The maximum absolute atomic E-state index is 13.3. The molecule has 0 amide bonds. The van der Waals surface area contributed by atoms with Crippen molar-refractivity contribution >= 4 is 5.78 Å². The highest BCUT2D eigenvalue weighted by Gasteiger charge is 2.88. The molecule has 0 radical (unpaired) electrons. The molecule has 10 unspecified atom stereocenters. The van der Waals surface area contributed by atoms with Gasteiger partial charge in [-0.1, -0.05) is 25.5 Å². The fourth-order valence-corrected chi connectivity index (χ4v) is 10.2. The second kappa shape index (κ2) is 2.90. The van der Waals surface area contributed by atoms with Crippen molar-refractivity contribution in [2.45, 2.75) is 57.5 Å². The van der Waals surface area contributed by atoms with Gasteiger partial charge in [-0.25, -0.2) is 0 Å². The molecule has 0 aromatic rings.